The van der Waals surface area contributed by atoms with Crippen LogP contribution in [0.1, 0.15) is 0 Å². The summed E-state index contributed by atoms with van der Waals surface area (Å²) < 4.78 is 6.35. The summed E-state index contributed by atoms with van der Waals surface area (Å²) in [5.41, 5.74) is 15.3. The molecule has 1 heterocycles. The Bertz CT molecular complexity index is 2820. The molecule has 10 aromatic rings. The highest BCUT2D eigenvalue weighted by Gasteiger charge is 2.17. The van der Waals surface area contributed by atoms with E-state index in [-0.39, 0.29) is 0 Å². The zero-order chi connectivity index (χ0) is 37.3. The van der Waals surface area contributed by atoms with Crippen molar-refractivity contribution in [1.82, 2.24) is 4.98 Å². The fourth-order valence-corrected chi connectivity index (χ4v) is 7.66. The number of rotatable bonds is 8. The lowest BCUT2D eigenvalue weighted by molar-refractivity contribution is 0.623. The largest absolute Gasteiger partial charge is 0.435 e. The minimum Gasteiger partial charge on any atom is -0.435 e. The van der Waals surface area contributed by atoms with Crippen LogP contribution in [0.2, 0.25) is 0 Å². The second kappa shape index (κ2) is 14.4. The highest BCUT2D eigenvalue weighted by atomic mass is 16.3. The number of hydrogen-bond donors (Lipinski definition) is 0. The van der Waals surface area contributed by atoms with Gasteiger partial charge in [0.25, 0.3) is 0 Å². The third-order valence-corrected chi connectivity index (χ3v) is 10.5. The third kappa shape index (κ3) is 6.31. The van der Waals surface area contributed by atoms with E-state index in [2.05, 4.69) is 193 Å². The van der Waals surface area contributed by atoms with Crippen molar-refractivity contribution in [1.29, 1.82) is 0 Å². The van der Waals surface area contributed by atoms with Crippen molar-refractivity contribution in [2.45, 2.75) is 0 Å². The van der Waals surface area contributed by atoms with Crippen molar-refractivity contribution in [3.05, 3.63) is 218 Å². The smallest absolute Gasteiger partial charge is 0.227 e. The van der Waals surface area contributed by atoms with Crippen molar-refractivity contribution in [3.63, 3.8) is 0 Å². The monoisotopic (exact) mass is 716 g/mol. The van der Waals surface area contributed by atoms with Gasteiger partial charge in [-0.05, 0) is 104 Å². The molecule has 3 nitrogen and oxygen atoms in total. The van der Waals surface area contributed by atoms with Crippen molar-refractivity contribution < 1.29 is 4.42 Å². The van der Waals surface area contributed by atoms with Crippen LogP contribution in [0, 0.1) is 0 Å². The Hall–Kier alpha value is -7.49. The highest BCUT2D eigenvalue weighted by molar-refractivity contribution is 6.11. The van der Waals surface area contributed by atoms with E-state index in [1.807, 2.05) is 30.3 Å². The Morgan fingerprint density at radius 2 is 0.679 bits per heavy atom. The average molecular weight is 717 g/mol. The lowest BCUT2D eigenvalue weighted by atomic mass is 9.95. The van der Waals surface area contributed by atoms with Gasteiger partial charge in [-0.1, -0.05) is 164 Å². The Kier molecular flexibility index (Phi) is 8.51. The zero-order valence-electron chi connectivity index (χ0n) is 30.6. The molecule has 0 aliphatic heterocycles. The molecule has 0 N–H and O–H groups in total. The molecular formula is C53H36N2O. The van der Waals surface area contributed by atoms with Crippen LogP contribution < -0.4 is 4.90 Å². The summed E-state index contributed by atoms with van der Waals surface area (Å²) >= 11 is 0. The van der Waals surface area contributed by atoms with Crippen LogP contribution in [0.4, 0.5) is 17.1 Å². The first kappa shape index (κ1) is 33.1. The van der Waals surface area contributed by atoms with Gasteiger partial charge in [0.05, 0.1) is 0 Å². The molecule has 56 heavy (non-hydrogen) atoms. The molecule has 0 bridgehead atoms. The fraction of sp³-hybridized carbons (Fsp3) is 0. The van der Waals surface area contributed by atoms with Crippen molar-refractivity contribution in [2.24, 2.45) is 0 Å². The zero-order valence-corrected chi connectivity index (χ0v) is 30.6. The minimum absolute atomic E-state index is 0.633. The molecule has 0 fully saturated rings. The summed E-state index contributed by atoms with van der Waals surface area (Å²) in [5, 5.41) is 2.20. The van der Waals surface area contributed by atoms with E-state index in [1.165, 1.54) is 22.3 Å². The van der Waals surface area contributed by atoms with Crippen LogP contribution in [0.3, 0.4) is 0 Å². The van der Waals surface area contributed by atoms with Crippen LogP contribution >= 0.6 is 0 Å². The Balaban J connectivity index is 0.974. The fourth-order valence-electron chi connectivity index (χ4n) is 7.66. The molecule has 0 saturated heterocycles. The van der Waals surface area contributed by atoms with Gasteiger partial charge in [0.1, 0.15) is 5.52 Å². The van der Waals surface area contributed by atoms with Gasteiger partial charge in [-0.15, -0.1) is 0 Å². The highest BCUT2D eigenvalue weighted by Crippen LogP contribution is 2.40. The Labute approximate surface area is 326 Å². The number of fused-ring (bicyclic) bond motifs is 3. The van der Waals surface area contributed by atoms with Crippen LogP contribution in [0.15, 0.2) is 223 Å². The first-order chi connectivity index (χ1) is 27.7. The molecule has 9 aromatic carbocycles. The molecule has 0 aliphatic carbocycles. The van der Waals surface area contributed by atoms with Crippen LogP contribution in [0.25, 0.3) is 77.8 Å². The van der Waals surface area contributed by atoms with E-state index in [1.54, 1.807) is 0 Å². The van der Waals surface area contributed by atoms with Crippen molar-refractivity contribution in [2.75, 3.05) is 4.90 Å². The average Bonchev–Trinajstić information content (AvgIpc) is 3.73. The first-order valence-electron chi connectivity index (χ1n) is 18.9. The normalized spacial score (nSPS) is 11.2. The number of benzene rings is 9. The first-order valence-corrected chi connectivity index (χ1v) is 18.9. The van der Waals surface area contributed by atoms with Gasteiger partial charge in [-0.2, -0.15) is 0 Å². The minimum atomic E-state index is 0.633. The van der Waals surface area contributed by atoms with Crippen LogP contribution in [-0.2, 0) is 0 Å². The summed E-state index contributed by atoms with van der Waals surface area (Å²) in [6.45, 7) is 0. The molecule has 0 atom stereocenters. The summed E-state index contributed by atoms with van der Waals surface area (Å²) in [5.74, 6) is 0.633. The van der Waals surface area contributed by atoms with Gasteiger partial charge in [-0.25, -0.2) is 4.98 Å². The van der Waals surface area contributed by atoms with E-state index in [0.29, 0.717) is 5.89 Å². The molecule has 10 rings (SSSR count). The van der Waals surface area contributed by atoms with Gasteiger partial charge in [0, 0.05) is 28.0 Å². The molecule has 264 valence electrons. The molecular weight excluding hydrogens is 681 g/mol. The quantitative estimate of drug-likeness (QED) is 0.157. The van der Waals surface area contributed by atoms with E-state index >= 15 is 0 Å². The molecule has 0 amide bonds. The Morgan fingerprint density at radius 3 is 1.14 bits per heavy atom. The van der Waals surface area contributed by atoms with E-state index in [9.17, 15) is 0 Å². The molecule has 3 heteroatoms. The van der Waals surface area contributed by atoms with Gasteiger partial charge in [0.2, 0.25) is 5.89 Å². The van der Waals surface area contributed by atoms with E-state index < -0.39 is 0 Å². The van der Waals surface area contributed by atoms with Crippen LogP contribution in [-0.4, -0.2) is 4.98 Å². The summed E-state index contributed by atoms with van der Waals surface area (Å²) in [7, 11) is 0. The predicted octanol–water partition coefficient (Wildman–Crippen LogP) is 14.8. The lowest BCUT2D eigenvalue weighted by Crippen LogP contribution is -2.09. The summed E-state index contributed by atoms with van der Waals surface area (Å²) in [6, 6.07) is 77.1. The second-order valence-electron chi connectivity index (χ2n) is 14.0. The van der Waals surface area contributed by atoms with Gasteiger partial charge >= 0.3 is 0 Å². The number of anilines is 3. The predicted molar refractivity (Wildman–Crippen MR) is 233 cm³/mol. The van der Waals surface area contributed by atoms with Gasteiger partial charge in [0.15, 0.2) is 5.58 Å². The third-order valence-electron chi connectivity index (χ3n) is 10.5. The van der Waals surface area contributed by atoms with Gasteiger partial charge < -0.3 is 9.32 Å². The van der Waals surface area contributed by atoms with Gasteiger partial charge in [-0.3, -0.25) is 0 Å². The maximum atomic E-state index is 6.35. The van der Waals surface area contributed by atoms with Crippen LogP contribution in [0.5, 0.6) is 0 Å². The SMILES string of the molecule is c1ccc(-c2ccc(N(c3ccc(-c4ccccc4)cc3)c3ccc(-c4ccc(-c5cc6nc(-c7ccccc7)oc6c6ccccc56)cc4)cc3)cc2)cc1. The molecule has 0 spiro atoms. The number of oxazole rings is 1. The molecule has 1 aromatic heterocycles. The molecule has 0 saturated carbocycles. The van der Waals surface area contributed by atoms with Crippen molar-refractivity contribution >= 4 is 38.9 Å². The molecule has 0 aliphatic rings. The molecule has 0 radical (unpaired) electrons. The Morgan fingerprint density at radius 1 is 0.321 bits per heavy atom. The summed E-state index contributed by atoms with van der Waals surface area (Å²) in [4.78, 5) is 7.24. The van der Waals surface area contributed by atoms with E-state index in [4.69, 9.17) is 9.40 Å². The lowest BCUT2D eigenvalue weighted by Gasteiger charge is -2.26. The maximum absolute atomic E-state index is 6.35. The molecule has 0 unspecified atom stereocenters. The number of aromatic nitrogens is 1. The second-order valence-corrected chi connectivity index (χ2v) is 14.0. The number of hydrogen-bond acceptors (Lipinski definition) is 3. The van der Waals surface area contributed by atoms with E-state index in [0.717, 1.165) is 66.8 Å². The standard InChI is InChI=1S/C53H36N2O/c1-4-12-37(13-5-1)40-24-30-45(31-25-40)55(46-32-26-41(27-33-46)38-14-6-2-7-15-38)47-34-28-42(29-35-47)39-20-22-43(23-21-39)50-36-51-52(49-19-11-10-18-48(49)50)56-53(54-51)44-16-8-3-9-17-44/h1-36H. The van der Waals surface area contributed by atoms with Crippen molar-refractivity contribution in [3.8, 4) is 56.0 Å². The summed E-state index contributed by atoms with van der Waals surface area (Å²) in [6.07, 6.45) is 0. The topological polar surface area (TPSA) is 29.3 Å². The number of nitrogens with zero attached hydrogens (tertiary/aromatic N) is 2. The maximum Gasteiger partial charge on any atom is 0.227 e.